The largest absolute Gasteiger partial charge is 0.349 e. The van der Waals surface area contributed by atoms with Crippen LogP contribution in [0.15, 0.2) is 15.7 Å². The Hall–Kier alpha value is -0.480. The van der Waals surface area contributed by atoms with Gasteiger partial charge in [0, 0.05) is 12.2 Å². The molecule has 0 saturated heterocycles. The number of thiophene rings is 1. The molecule has 1 amide bonds. The Labute approximate surface area is 92.1 Å². The number of rotatable bonds is 1. The van der Waals surface area contributed by atoms with Crippen molar-refractivity contribution >= 4 is 29.0 Å². The van der Waals surface area contributed by atoms with Crippen molar-refractivity contribution < 1.29 is 4.79 Å². The summed E-state index contributed by atoms with van der Waals surface area (Å²) in [5.74, 6) is 0.0613. The Morgan fingerprint density at radius 2 is 2.43 bits per heavy atom. The van der Waals surface area contributed by atoms with Gasteiger partial charge in [0.25, 0.3) is 0 Å². The van der Waals surface area contributed by atoms with E-state index in [4.69, 9.17) is 0 Å². The van der Waals surface area contributed by atoms with Gasteiger partial charge in [-0.1, -0.05) is 6.92 Å². The van der Waals surface area contributed by atoms with Gasteiger partial charge in [-0.25, -0.2) is 0 Å². The molecule has 2 rings (SSSR count). The number of hydrogen-bond donors (Lipinski definition) is 1. The number of thioether (sulfide) groups is 1. The molecule has 14 heavy (non-hydrogen) atoms. The highest BCUT2D eigenvalue weighted by Crippen LogP contribution is 2.43. The van der Waals surface area contributed by atoms with E-state index in [1.807, 2.05) is 11.8 Å². The van der Waals surface area contributed by atoms with Gasteiger partial charge in [-0.3, -0.25) is 4.79 Å². The van der Waals surface area contributed by atoms with E-state index in [0.29, 0.717) is 5.25 Å². The highest BCUT2D eigenvalue weighted by atomic mass is 32.2. The first-order valence-corrected chi connectivity index (χ1v) is 6.44. The van der Waals surface area contributed by atoms with Crippen molar-refractivity contribution in [3.63, 3.8) is 0 Å². The minimum absolute atomic E-state index is 0.0613. The van der Waals surface area contributed by atoms with Crippen molar-refractivity contribution in [1.29, 1.82) is 0 Å². The monoisotopic (exact) mass is 227 g/mol. The third kappa shape index (κ3) is 1.96. The molecule has 2 heterocycles. The average Bonchev–Trinajstić information content (AvgIpc) is 2.50. The number of carbonyl (C=O) groups is 1. The van der Waals surface area contributed by atoms with E-state index < -0.39 is 0 Å². The summed E-state index contributed by atoms with van der Waals surface area (Å²) in [6.07, 6.45) is 1.04. The molecule has 2 atom stereocenters. The summed E-state index contributed by atoms with van der Waals surface area (Å²) in [6, 6.07) is 2.35. The van der Waals surface area contributed by atoms with E-state index in [9.17, 15) is 4.79 Å². The third-order valence-corrected chi connectivity index (χ3v) is 4.63. The molecule has 1 aliphatic rings. The van der Waals surface area contributed by atoms with Crippen LogP contribution in [-0.2, 0) is 4.79 Å². The number of carbonyl (C=O) groups excluding carboxylic acids is 1. The molecule has 76 valence electrons. The number of nitrogens with one attached hydrogen (secondary N) is 1. The standard InChI is InChI=1S/C10H13NOS2/c1-6-5-9(11-7(2)12)8-3-4-13-10(8)14-6/h3-4,6,9H,5H2,1-2H3,(H,11,12)/t6-,9?/m0/s1. The van der Waals surface area contributed by atoms with Crippen LogP contribution in [0.4, 0.5) is 0 Å². The molecule has 1 N–H and O–H groups in total. The van der Waals surface area contributed by atoms with Crippen LogP contribution in [0.2, 0.25) is 0 Å². The molecular weight excluding hydrogens is 214 g/mol. The zero-order chi connectivity index (χ0) is 10.1. The van der Waals surface area contributed by atoms with Gasteiger partial charge < -0.3 is 5.32 Å². The average molecular weight is 227 g/mol. The van der Waals surface area contributed by atoms with Crippen LogP contribution in [0, 0.1) is 0 Å². The lowest BCUT2D eigenvalue weighted by Gasteiger charge is -2.27. The predicted molar refractivity (Wildman–Crippen MR) is 60.8 cm³/mol. The number of fused-ring (bicyclic) bond motifs is 1. The van der Waals surface area contributed by atoms with Crippen LogP contribution in [-0.4, -0.2) is 11.2 Å². The van der Waals surface area contributed by atoms with E-state index in [-0.39, 0.29) is 11.9 Å². The van der Waals surface area contributed by atoms with Crippen LogP contribution in [0.5, 0.6) is 0 Å². The minimum Gasteiger partial charge on any atom is -0.349 e. The molecule has 2 nitrogen and oxygen atoms in total. The quantitative estimate of drug-likeness (QED) is 0.799. The van der Waals surface area contributed by atoms with Gasteiger partial charge in [0.1, 0.15) is 0 Å². The lowest BCUT2D eigenvalue weighted by Crippen LogP contribution is -2.29. The van der Waals surface area contributed by atoms with Crippen molar-refractivity contribution in [1.82, 2.24) is 5.32 Å². The molecule has 1 aliphatic heterocycles. The Bertz CT molecular complexity index is 348. The Balaban J connectivity index is 2.23. The summed E-state index contributed by atoms with van der Waals surface area (Å²) in [7, 11) is 0. The number of amides is 1. The van der Waals surface area contributed by atoms with E-state index in [1.54, 1.807) is 18.3 Å². The SMILES string of the molecule is CC(=O)NC1C[C@H](C)Sc2sccc21. The molecule has 0 aromatic carbocycles. The zero-order valence-electron chi connectivity index (χ0n) is 8.24. The molecule has 0 bridgehead atoms. The fourth-order valence-electron chi connectivity index (χ4n) is 1.73. The first-order valence-electron chi connectivity index (χ1n) is 4.68. The molecule has 0 saturated carbocycles. The Kier molecular flexibility index (Phi) is 2.83. The second-order valence-electron chi connectivity index (χ2n) is 3.58. The molecule has 1 aromatic heterocycles. The summed E-state index contributed by atoms with van der Waals surface area (Å²) >= 11 is 3.69. The molecule has 0 aliphatic carbocycles. The molecule has 0 fully saturated rings. The van der Waals surface area contributed by atoms with Gasteiger partial charge >= 0.3 is 0 Å². The van der Waals surface area contributed by atoms with E-state index in [2.05, 4.69) is 23.7 Å². The molecule has 0 spiro atoms. The fourth-order valence-corrected chi connectivity index (χ4v) is 4.30. The molecule has 1 unspecified atom stereocenters. The van der Waals surface area contributed by atoms with Gasteiger partial charge in [0.05, 0.1) is 10.3 Å². The van der Waals surface area contributed by atoms with Gasteiger partial charge in [-0.15, -0.1) is 23.1 Å². The zero-order valence-corrected chi connectivity index (χ0v) is 9.87. The maximum atomic E-state index is 11.0. The maximum absolute atomic E-state index is 11.0. The smallest absolute Gasteiger partial charge is 0.217 e. The van der Waals surface area contributed by atoms with Gasteiger partial charge in [-0.05, 0) is 23.4 Å². The van der Waals surface area contributed by atoms with E-state index in [1.165, 1.54) is 9.77 Å². The Morgan fingerprint density at radius 1 is 1.64 bits per heavy atom. The van der Waals surface area contributed by atoms with Crippen molar-refractivity contribution in [2.45, 2.75) is 35.8 Å². The summed E-state index contributed by atoms with van der Waals surface area (Å²) in [5.41, 5.74) is 1.30. The normalized spacial score (nSPS) is 25.6. The highest BCUT2D eigenvalue weighted by Gasteiger charge is 2.26. The summed E-state index contributed by atoms with van der Waals surface area (Å²) in [5, 5.41) is 5.71. The van der Waals surface area contributed by atoms with Gasteiger partial charge in [0.15, 0.2) is 0 Å². The van der Waals surface area contributed by atoms with Crippen molar-refractivity contribution in [3.05, 3.63) is 17.0 Å². The number of hydrogen-bond acceptors (Lipinski definition) is 3. The summed E-state index contributed by atoms with van der Waals surface area (Å²) < 4.78 is 1.36. The topological polar surface area (TPSA) is 29.1 Å². The van der Waals surface area contributed by atoms with E-state index >= 15 is 0 Å². The lowest BCUT2D eigenvalue weighted by molar-refractivity contribution is -0.119. The first kappa shape index (κ1) is 10.1. The van der Waals surface area contributed by atoms with E-state index in [0.717, 1.165) is 6.42 Å². The first-order chi connectivity index (χ1) is 6.66. The molecular formula is C10H13NOS2. The van der Waals surface area contributed by atoms with Crippen molar-refractivity contribution in [2.24, 2.45) is 0 Å². The van der Waals surface area contributed by atoms with Crippen molar-refractivity contribution in [3.8, 4) is 0 Å². The molecule has 0 radical (unpaired) electrons. The van der Waals surface area contributed by atoms with Crippen LogP contribution >= 0.6 is 23.1 Å². The third-order valence-electron chi connectivity index (χ3n) is 2.29. The summed E-state index contributed by atoms with van der Waals surface area (Å²) in [6.45, 7) is 3.79. The second-order valence-corrected chi connectivity index (χ2v) is 6.20. The maximum Gasteiger partial charge on any atom is 0.217 e. The highest BCUT2D eigenvalue weighted by molar-refractivity contribution is 8.01. The predicted octanol–water partition coefficient (Wildman–Crippen LogP) is 2.81. The molecule has 4 heteroatoms. The second kappa shape index (κ2) is 3.95. The minimum atomic E-state index is 0.0613. The lowest BCUT2D eigenvalue weighted by atomic mass is 10.1. The fraction of sp³-hybridized carbons (Fsp3) is 0.500. The summed E-state index contributed by atoms with van der Waals surface area (Å²) in [4.78, 5) is 11.0. The van der Waals surface area contributed by atoms with Gasteiger partial charge in [0.2, 0.25) is 5.91 Å². The van der Waals surface area contributed by atoms with Crippen LogP contribution < -0.4 is 5.32 Å². The van der Waals surface area contributed by atoms with Crippen molar-refractivity contribution in [2.75, 3.05) is 0 Å². The van der Waals surface area contributed by atoms with Gasteiger partial charge in [-0.2, -0.15) is 0 Å². The van der Waals surface area contributed by atoms with Crippen LogP contribution in [0.25, 0.3) is 0 Å². The van der Waals surface area contributed by atoms with Crippen LogP contribution in [0.3, 0.4) is 0 Å². The molecule has 1 aromatic rings. The van der Waals surface area contributed by atoms with Crippen LogP contribution in [0.1, 0.15) is 31.9 Å². The Morgan fingerprint density at radius 3 is 3.14 bits per heavy atom.